The van der Waals surface area contributed by atoms with E-state index in [-0.39, 0.29) is 36.1 Å². The molecule has 0 atom stereocenters. The second-order valence-corrected chi connectivity index (χ2v) is 9.38. The number of aliphatic carboxylic acids is 2. The molecule has 1 fully saturated rings. The number of carboxylic acids is 2. The van der Waals surface area contributed by atoms with Gasteiger partial charge in [-0.1, -0.05) is 59.8 Å². The van der Waals surface area contributed by atoms with Gasteiger partial charge in [0.1, 0.15) is 0 Å². The first-order chi connectivity index (χ1) is 18.7. The Labute approximate surface area is 253 Å². The van der Waals surface area contributed by atoms with Crippen molar-refractivity contribution in [3.63, 3.8) is 0 Å². The third-order valence-electron chi connectivity index (χ3n) is 5.53. The van der Waals surface area contributed by atoms with Gasteiger partial charge >= 0.3 is 5.97 Å². The number of amides is 1. The van der Waals surface area contributed by atoms with E-state index < -0.39 is 11.9 Å². The Morgan fingerprint density at radius 3 is 1.77 bits per heavy atom. The normalized spacial score (nSPS) is 13.0. The summed E-state index contributed by atoms with van der Waals surface area (Å²) in [6.45, 7) is 16.7. The molecule has 0 aromatic rings. The van der Waals surface area contributed by atoms with Crippen molar-refractivity contribution in [3.8, 4) is 0 Å². The van der Waals surface area contributed by atoms with Crippen LogP contribution in [0.1, 0.15) is 72.6 Å². The summed E-state index contributed by atoms with van der Waals surface area (Å²) in [7, 11) is 0. The predicted octanol–water partition coefficient (Wildman–Crippen LogP) is 3.38. The SMILES string of the molecule is CCCC[N-]CCC.CCCN(CC[N-]CC(=O)O)CC(=O)O.CCC[N-]CCCC(=O)N1CCN(N)CC1.[Mn]. The molecule has 1 radical (unpaired) electrons. The van der Waals surface area contributed by atoms with Crippen molar-refractivity contribution < 1.29 is 41.7 Å². The fourth-order valence-electron chi connectivity index (χ4n) is 3.45. The van der Waals surface area contributed by atoms with Gasteiger partial charge < -0.3 is 31.1 Å². The minimum atomic E-state index is -0.963. The molecule has 4 N–H and O–H groups in total. The van der Waals surface area contributed by atoms with E-state index in [2.05, 4.69) is 36.7 Å². The number of hydrazine groups is 1. The molecule has 1 amide bonds. The van der Waals surface area contributed by atoms with E-state index in [1.54, 1.807) is 9.91 Å². The van der Waals surface area contributed by atoms with Crippen molar-refractivity contribution in [2.45, 2.75) is 72.6 Å². The second kappa shape index (κ2) is 32.2. The molecule has 1 aliphatic rings. The van der Waals surface area contributed by atoms with E-state index in [1.807, 2.05) is 11.8 Å². The maximum Gasteiger partial charge on any atom is 0.317 e. The van der Waals surface area contributed by atoms with Gasteiger partial charge in [-0.05, 0) is 26.1 Å². The zero-order valence-electron chi connectivity index (χ0n) is 25.4. The molecular weight excluding hydrogens is 557 g/mol. The molecule has 0 aromatic heterocycles. The number of carbonyl (C=O) groups excluding carboxylic acids is 1. The quantitative estimate of drug-likeness (QED) is 0.107. The van der Waals surface area contributed by atoms with E-state index in [0.29, 0.717) is 26.1 Å². The van der Waals surface area contributed by atoms with Crippen LogP contribution in [0.25, 0.3) is 16.0 Å². The summed E-state index contributed by atoms with van der Waals surface area (Å²) in [5.41, 5.74) is 0. The van der Waals surface area contributed by atoms with Crippen molar-refractivity contribution in [1.29, 1.82) is 0 Å². The first-order valence-electron chi connectivity index (χ1n) is 14.5. The molecule has 1 aliphatic heterocycles. The van der Waals surface area contributed by atoms with E-state index in [1.165, 1.54) is 19.3 Å². The van der Waals surface area contributed by atoms with Crippen LogP contribution in [0.3, 0.4) is 0 Å². The van der Waals surface area contributed by atoms with Crippen LogP contribution in [0.15, 0.2) is 0 Å². The molecule has 0 aliphatic carbocycles. The Hall–Kier alpha value is -1.31. The van der Waals surface area contributed by atoms with Crippen molar-refractivity contribution in [2.24, 2.45) is 5.84 Å². The van der Waals surface area contributed by atoms with Gasteiger partial charge in [0.2, 0.25) is 5.91 Å². The summed E-state index contributed by atoms with van der Waals surface area (Å²) in [6, 6.07) is 0. The molecule has 40 heavy (non-hydrogen) atoms. The van der Waals surface area contributed by atoms with Crippen molar-refractivity contribution in [3.05, 3.63) is 16.0 Å². The minimum Gasteiger partial charge on any atom is -0.662 e. The molecule has 1 heterocycles. The monoisotopic (exact) mass is 613 g/mol. The second-order valence-electron chi connectivity index (χ2n) is 9.38. The van der Waals surface area contributed by atoms with Gasteiger partial charge in [-0.2, -0.15) is 0 Å². The predicted molar refractivity (Wildman–Crippen MR) is 158 cm³/mol. The Balaban J connectivity index is -0.000000535. The van der Waals surface area contributed by atoms with Crippen molar-refractivity contribution in [1.82, 2.24) is 14.8 Å². The van der Waals surface area contributed by atoms with Crippen LogP contribution in [-0.2, 0) is 31.5 Å². The number of carboxylic acid groups (broad SMARTS) is 2. The Kier molecular flexibility index (Phi) is 34.7. The van der Waals surface area contributed by atoms with Gasteiger partial charge in [0.05, 0.1) is 6.54 Å². The third-order valence-corrected chi connectivity index (χ3v) is 5.53. The fraction of sp³-hybridized carbons (Fsp3) is 0.889. The number of hydrogen-bond acceptors (Lipinski definition) is 6. The number of nitrogens with zero attached hydrogens (tertiary/aromatic N) is 6. The molecule has 12 nitrogen and oxygen atoms in total. The first-order valence-corrected chi connectivity index (χ1v) is 14.5. The van der Waals surface area contributed by atoms with Crippen LogP contribution in [-0.4, -0.2) is 128 Å². The largest absolute Gasteiger partial charge is 0.662 e. The number of unbranched alkanes of at least 4 members (excludes halogenated alkanes) is 1. The Morgan fingerprint density at radius 2 is 1.30 bits per heavy atom. The van der Waals surface area contributed by atoms with E-state index in [4.69, 9.17) is 16.1 Å². The number of nitrogens with two attached hydrogens (primary N) is 1. The maximum absolute atomic E-state index is 11.8. The Morgan fingerprint density at radius 1 is 0.725 bits per heavy atom. The molecule has 239 valence electrons. The first kappa shape index (κ1) is 43.1. The Bertz CT molecular complexity index is 592. The molecule has 1 rings (SSSR count). The molecule has 0 saturated carbocycles. The fourth-order valence-corrected chi connectivity index (χ4v) is 3.45. The van der Waals surface area contributed by atoms with Crippen LogP contribution in [0.5, 0.6) is 0 Å². The van der Waals surface area contributed by atoms with Gasteiger partial charge in [0.25, 0.3) is 5.97 Å². The minimum absolute atomic E-state index is 0. The number of carbonyl (C=O) groups is 3. The van der Waals surface area contributed by atoms with Gasteiger partial charge in [0, 0.05) is 49.7 Å². The molecule has 0 aromatic carbocycles. The van der Waals surface area contributed by atoms with Crippen LogP contribution >= 0.6 is 0 Å². The van der Waals surface area contributed by atoms with Gasteiger partial charge in [-0.3, -0.25) is 25.1 Å². The molecule has 0 bridgehead atoms. The zero-order valence-corrected chi connectivity index (χ0v) is 26.6. The summed E-state index contributed by atoms with van der Waals surface area (Å²) in [5, 5.41) is 31.0. The van der Waals surface area contributed by atoms with E-state index in [9.17, 15) is 14.4 Å². The van der Waals surface area contributed by atoms with Crippen molar-refractivity contribution in [2.75, 3.05) is 85.1 Å². The molecule has 0 unspecified atom stereocenters. The summed E-state index contributed by atoms with van der Waals surface area (Å²) in [4.78, 5) is 36.0. The summed E-state index contributed by atoms with van der Waals surface area (Å²) >= 11 is 0. The van der Waals surface area contributed by atoms with Gasteiger partial charge in [-0.25, -0.2) is 5.01 Å². The third kappa shape index (κ3) is 31.2. The molecular formula is C27H56MnN7O5-3. The average Bonchev–Trinajstić information content (AvgIpc) is 2.90. The standard InChI is InChI=1S/C11H23N4O.C9H17N2O4.C7H16N.Mn/c1-2-5-13-6-3-4-11(16)14-7-9-15(12)10-8-14;1-2-4-11(7-9(14)15)5-3-10-6-8(12)13;1-3-5-7-8-6-4-2;/h2-10,12H2,1H3;2-7H2,1H3,(H,12,13)(H,14,15);3-7H2,1-2H3;/q3*-1;. The topological polar surface area (TPSA) is 170 Å². The average molecular weight is 614 g/mol. The number of piperazine rings is 1. The van der Waals surface area contributed by atoms with Gasteiger partial charge in [-0.15, -0.1) is 32.7 Å². The number of rotatable bonds is 20. The van der Waals surface area contributed by atoms with Crippen LogP contribution in [0, 0.1) is 0 Å². The maximum atomic E-state index is 11.8. The smallest absolute Gasteiger partial charge is 0.317 e. The summed E-state index contributed by atoms with van der Waals surface area (Å²) < 4.78 is 0. The van der Waals surface area contributed by atoms with E-state index >= 15 is 0 Å². The summed E-state index contributed by atoms with van der Waals surface area (Å²) in [6.07, 6.45) is 7.19. The zero-order chi connectivity index (χ0) is 29.7. The molecule has 1 saturated heterocycles. The molecule has 13 heteroatoms. The van der Waals surface area contributed by atoms with E-state index in [0.717, 1.165) is 71.6 Å². The van der Waals surface area contributed by atoms with Crippen molar-refractivity contribution >= 4 is 17.8 Å². The van der Waals surface area contributed by atoms with Crippen LogP contribution < -0.4 is 5.84 Å². The summed E-state index contributed by atoms with van der Waals surface area (Å²) in [5.74, 6) is 4.05. The molecule has 0 spiro atoms. The number of hydrogen-bond donors (Lipinski definition) is 3. The van der Waals surface area contributed by atoms with Gasteiger partial charge in [0.15, 0.2) is 0 Å². The van der Waals surface area contributed by atoms with Crippen LogP contribution in [0.2, 0.25) is 0 Å². The van der Waals surface area contributed by atoms with Crippen LogP contribution in [0.4, 0.5) is 0 Å².